The smallest absolute Gasteiger partial charge is 0.252 e. The summed E-state index contributed by atoms with van der Waals surface area (Å²) < 4.78 is 0. The second-order valence-electron chi connectivity index (χ2n) is 6.81. The van der Waals surface area contributed by atoms with Gasteiger partial charge in [0, 0.05) is 36.1 Å². The molecule has 2 unspecified atom stereocenters. The van der Waals surface area contributed by atoms with Crippen molar-refractivity contribution in [1.29, 1.82) is 0 Å². The summed E-state index contributed by atoms with van der Waals surface area (Å²) in [7, 11) is 0. The first kappa shape index (κ1) is 18.6. The molecule has 1 aromatic heterocycles. The van der Waals surface area contributed by atoms with Crippen LogP contribution in [0.15, 0.2) is 47.2 Å². The number of benzene rings is 1. The number of likely N-dealkylation sites (tertiary alicyclic amines) is 1. The molecule has 0 saturated carbocycles. The molecule has 2 amide bonds. The maximum atomic E-state index is 12.8. The predicted octanol–water partition coefficient (Wildman–Crippen LogP) is 2.81. The third-order valence-electron chi connectivity index (χ3n) is 5.04. The van der Waals surface area contributed by atoms with Crippen molar-refractivity contribution in [2.24, 2.45) is 11.7 Å². The van der Waals surface area contributed by atoms with Crippen LogP contribution in [0.2, 0.25) is 0 Å². The minimum atomic E-state index is -0.306. The van der Waals surface area contributed by atoms with Gasteiger partial charge >= 0.3 is 0 Å². The Morgan fingerprint density at radius 3 is 2.50 bits per heavy atom. The molecule has 0 aliphatic carbocycles. The van der Waals surface area contributed by atoms with E-state index in [4.69, 9.17) is 5.73 Å². The first-order valence-corrected chi connectivity index (χ1v) is 9.93. The van der Waals surface area contributed by atoms with Crippen LogP contribution in [0.3, 0.4) is 0 Å². The number of nitrogens with one attached hydrogen (secondary N) is 1. The van der Waals surface area contributed by atoms with E-state index in [0.717, 1.165) is 18.4 Å². The van der Waals surface area contributed by atoms with Crippen molar-refractivity contribution in [3.63, 3.8) is 0 Å². The molecule has 138 valence electrons. The van der Waals surface area contributed by atoms with Gasteiger partial charge in [-0.1, -0.05) is 37.3 Å². The lowest BCUT2D eigenvalue weighted by molar-refractivity contribution is -0.136. The second-order valence-corrected chi connectivity index (χ2v) is 7.59. The monoisotopic (exact) mass is 371 g/mol. The lowest BCUT2D eigenvalue weighted by Gasteiger charge is -2.35. The van der Waals surface area contributed by atoms with Crippen LogP contribution in [0.25, 0.3) is 0 Å². The summed E-state index contributed by atoms with van der Waals surface area (Å²) in [4.78, 5) is 26.8. The average molecular weight is 372 g/mol. The van der Waals surface area contributed by atoms with E-state index in [1.165, 1.54) is 11.3 Å². The third-order valence-corrected chi connectivity index (χ3v) is 5.72. The zero-order chi connectivity index (χ0) is 18.5. The Morgan fingerprint density at radius 2 is 1.88 bits per heavy atom. The first-order chi connectivity index (χ1) is 12.6. The van der Waals surface area contributed by atoms with Gasteiger partial charge in [-0.2, -0.15) is 11.3 Å². The predicted molar refractivity (Wildman–Crippen MR) is 104 cm³/mol. The third kappa shape index (κ3) is 4.31. The van der Waals surface area contributed by atoms with Gasteiger partial charge in [-0.3, -0.25) is 9.59 Å². The molecular weight excluding hydrogens is 346 g/mol. The molecule has 3 rings (SSSR count). The maximum Gasteiger partial charge on any atom is 0.252 e. The Labute approximate surface area is 158 Å². The summed E-state index contributed by atoms with van der Waals surface area (Å²) in [6, 6.07) is 11.4. The van der Waals surface area contributed by atoms with E-state index in [9.17, 15) is 9.59 Å². The van der Waals surface area contributed by atoms with Crippen LogP contribution in [0.5, 0.6) is 0 Å². The summed E-state index contributed by atoms with van der Waals surface area (Å²) in [5.74, 6) is -0.214. The topological polar surface area (TPSA) is 75.4 Å². The maximum absolute atomic E-state index is 12.8. The van der Waals surface area contributed by atoms with Crippen LogP contribution >= 0.6 is 11.3 Å². The Kier molecular flexibility index (Phi) is 6.06. The van der Waals surface area contributed by atoms with Crippen LogP contribution in [0, 0.1) is 5.92 Å². The molecule has 3 N–H and O–H groups in total. The second kappa shape index (κ2) is 8.47. The van der Waals surface area contributed by atoms with Gasteiger partial charge in [0.25, 0.3) is 5.91 Å². The van der Waals surface area contributed by atoms with E-state index >= 15 is 0 Å². The van der Waals surface area contributed by atoms with E-state index in [0.29, 0.717) is 18.7 Å². The minimum absolute atomic E-state index is 0.0319. The fraction of sp³-hybridized carbons (Fsp3) is 0.400. The van der Waals surface area contributed by atoms with Crippen LogP contribution in [-0.2, 0) is 4.79 Å². The van der Waals surface area contributed by atoms with Crippen molar-refractivity contribution in [3.05, 3.63) is 58.3 Å². The number of piperidine rings is 1. The molecular formula is C20H25N3O2S. The van der Waals surface area contributed by atoms with Crippen molar-refractivity contribution in [2.45, 2.75) is 31.8 Å². The van der Waals surface area contributed by atoms with E-state index in [1.54, 1.807) is 0 Å². The Bertz CT molecular complexity index is 725. The van der Waals surface area contributed by atoms with Gasteiger partial charge in [-0.15, -0.1) is 0 Å². The van der Waals surface area contributed by atoms with Crippen LogP contribution < -0.4 is 11.1 Å². The molecule has 1 saturated heterocycles. The van der Waals surface area contributed by atoms with E-state index < -0.39 is 0 Å². The highest BCUT2D eigenvalue weighted by molar-refractivity contribution is 7.08. The van der Waals surface area contributed by atoms with Gasteiger partial charge < -0.3 is 16.0 Å². The average Bonchev–Trinajstić information content (AvgIpc) is 3.22. The highest BCUT2D eigenvalue weighted by atomic mass is 32.1. The van der Waals surface area contributed by atoms with Crippen molar-refractivity contribution in [3.8, 4) is 0 Å². The lowest BCUT2D eigenvalue weighted by atomic mass is 9.93. The number of carbonyl (C=O) groups excluding carboxylic acids is 2. The number of rotatable bonds is 5. The Hall–Kier alpha value is -2.18. The zero-order valence-electron chi connectivity index (χ0n) is 14.9. The number of amides is 2. The number of nitrogens with zero attached hydrogens (tertiary/aromatic N) is 1. The number of nitrogens with two attached hydrogens (primary N) is 1. The highest BCUT2D eigenvalue weighted by Crippen LogP contribution is 2.23. The minimum Gasteiger partial charge on any atom is -0.349 e. The van der Waals surface area contributed by atoms with Crippen molar-refractivity contribution in [2.75, 3.05) is 13.1 Å². The zero-order valence-corrected chi connectivity index (χ0v) is 15.7. The van der Waals surface area contributed by atoms with Gasteiger partial charge in [0.2, 0.25) is 5.91 Å². The molecule has 2 heterocycles. The fourth-order valence-electron chi connectivity index (χ4n) is 3.31. The summed E-state index contributed by atoms with van der Waals surface area (Å²) >= 11 is 1.51. The summed E-state index contributed by atoms with van der Waals surface area (Å²) in [5.41, 5.74) is 7.97. The molecule has 26 heavy (non-hydrogen) atoms. The normalized spacial score (nSPS) is 17.5. The number of thiophene rings is 1. The Balaban J connectivity index is 1.51. The van der Waals surface area contributed by atoms with E-state index in [-0.39, 0.29) is 29.8 Å². The molecule has 1 aliphatic rings. The molecule has 2 atom stereocenters. The van der Waals surface area contributed by atoms with Crippen LogP contribution in [0.4, 0.5) is 0 Å². The van der Waals surface area contributed by atoms with E-state index in [2.05, 4.69) is 5.32 Å². The number of carbonyl (C=O) groups is 2. The molecule has 2 aromatic rings. The summed E-state index contributed by atoms with van der Waals surface area (Å²) in [6.07, 6.45) is 1.55. The van der Waals surface area contributed by atoms with Crippen LogP contribution in [-0.4, -0.2) is 35.8 Å². The summed E-state index contributed by atoms with van der Waals surface area (Å²) in [6.45, 7) is 3.20. The molecule has 0 spiro atoms. The molecule has 6 heteroatoms. The molecule has 1 aliphatic heterocycles. The van der Waals surface area contributed by atoms with Gasteiger partial charge in [0.1, 0.15) is 0 Å². The summed E-state index contributed by atoms with van der Waals surface area (Å²) in [5, 5.41) is 6.81. The highest BCUT2D eigenvalue weighted by Gasteiger charge is 2.30. The number of hydrogen-bond acceptors (Lipinski definition) is 4. The molecule has 1 fully saturated rings. The standard InChI is InChI=1S/C20H25N3O2S/c1-14(18(21)15-5-3-2-4-6-15)20(25)23-10-7-17(8-11-23)22-19(24)16-9-12-26-13-16/h2-6,9,12-14,17-18H,7-8,10-11,21H2,1H3,(H,22,24). The van der Waals surface area contributed by atoms with Crippen molar-refractivity contribution >= 4 is 23.2 Å². The van der Waals surface area contributed by atoms with Crippen molar-refractivity contribution in [1.82, 2.24) is 10.2 Å². The molecule has 1 aromatic carbocycles. The van der Waals surface area contributed by atoms with Gasteiger partial charge in [-0.05, 0) is 29.9 Å². The van der Waals surface area contributed by atoms with Gasteiger partial charge in [-0.25, -0.2) is 0 Å². The van der Waals surface area contributed by atoms with E-state index in [1.807, 2.05) is 59.0 Å². The molecule has 0 bridgehead atoms. The van der Waals surface area contributed by atoms with Gasteiger partial charge in [0.05, 0.1) is 5.92 Å². The quantitative estimate of drug-likeness (QED) is 0.849. The SMILES string of the molecule is CC(C(=O)N1CCC(NC(=O)c2ccsc2)CC1)C(N)c1ccccc1. The van der Waals surface area contributed by atoms with Crippen LogP contribution in [0.1, 0.15) is 41.7 Å². The molecule has 0 radical (unpaired) electrons. The largest absolute Gasteiger partial charge is 0.349 e. The lowest BCUT2D eigenvalue weighted by Crippen LogP contribution is -2.48. The Morgan fingerprint density at radius 1 is 1.19 bits per heavy atom. The molecule has 5 nitrogen and oxygen atoms in total. The first-order valence-electron chi connectivity index (χ1n) is 8.98. The van der Waals surface area contributed by atoms with Gasteiger partial charge in [0.15, 0.2) is 0 Å². The van der Waals surface area contributed by atoms with Crippen molar-refractivity contribution < 1.29 is 9.59 Å². The fourth-order valence-corrected chi connectivity index (χ4v) is 3.95. The number of hydrogen-bond donors (Lipinski definition) is 2.